The molecule has 0 bridgehead atoms. The minimum absolute atomic E-state index is 0.386. The Labute approximate surface area is 122 Å². The molecule has 0 aliphatic rings. The lowest BCUT2D eigenvalue weighted by Crippen LogP contribution is -2.00. The number of ether oxygens (including phenoxy) is 2. The van der Waals surface area contributed by atoms with Gasteiger partial charge in [-0.1, -0.05) is 11.6 Å². The highest BCUT2D eigenvalue weighted by molar-refractivity contribution is 6.30. The molecule has 4 nitrogen and oxygen atoms in total. The van der Waals surface area contributed by atoms with Crippen molar-refractivity contribution in [3.05, 3.63) is 58.6 Å². The maximum absolute atomic E-state index is 5.83. The standard InChI is InChI=1S/C15H15ClN2O2/c1-19-15-7-2-11(9-18-17)8-12(15)10-20-14-5-3-13(16)4-6-14/h2-9H,10,17H2,1H3. The molecule has 20 heavy (non-hydrogen) atoms. The highest BCUT2D eigenvalue weighted by atomic mass is 35.5. The van der Waals surface area contributed by atoms with Crippen LogP contribution in [-0.2, 0) is 6.61 Å². The monoisotopic (exact) mass is 290 g/mol. The molecule has 0 fully saturated rings. The summed E-state index contributed by atoms with van der Waals surface area (Å²) in [4.78, 5) is 0. The molecule has 0 spiro atoms. The van der Waals surface area contributed by atoms with Crippen molar-refractivity contribution in [2.24, 2.45) is 10.9 Å². The number of rotatable bonds is 5. The van der Waals surface area contributed by atoms with Crippen molar-refractivity contribution in [2.45, 2.75) is 6.61 Å². The predicted molar refractivity (Wildman–Crippen MR) is 80.6 cm³/mol. The summed E-state index contributed by atoms with van der Waals surface area (Å²) in [6, 6.07) is 12.9. The van der Waals surface area contributed by atoms with Gasteiger partial charge < -0.3 is 15.3 Å². The van der Waals surface area contributed by atoms with Crippen molar-refractivity contribution in [1.82, 2.24) is 0 Å². The average molecular weight is 291 g/mol. The topological polar surface area (TPSA) is 56.8 Å². The normalized spacial score (nSPS) is 10.7. The number of benzene rings is 2. The maximum atomic E-state index is 5.83. The Morgan fingerprint density at radius 1 is 1.20 bits per heavy atom. The lowest BCUT2D eigenvalue weighted by Gasteiger charge is -2.11. The third kappa shape index (κ3) is 3.65. The third-order valence-corrected chi connectivity index (χ3v) is 2.99. The van der Waals surface area contributed by atoms with E-state index in [0.29, 0.717) is 11.6 Å². The molecule has 2 N–H and O–H groups in total. The summed E-state index contributed by atoms with van der Waals surface area (Å²) in [5, 5.41) is 4.19. The van der Waals surface area contributed by atoms with Gasteiger partial charge in [0, 0.05) is 10.6 Å². The second-order valence-electron chi connectivity index (χ2n) is 4.09. The van der Waals surface area contributed by atoms with Crippen molar-refractivity contribution in [3.63, 3.8) is 0 Å². The van der Waals surface area contributed by atoms with Gasteiger partial charge in [0.1, 0.15) is 18.1 Å². The molecule has 2 aromatic carbocycles. The molecule has 0 aromatic heterocycles. The summed E-state index contributed by atoms with van der Waals surface area (Å²) < 4.78 is 11.0. The predicted octanol–water partition coefficient (Wildman–Crippen LogP) is 3.22. The summed E-state index contributed by atoms with van der Waals surface area (Å²) in [5.41, 5.74) is 1.81. The molecule has 0 saturated carbocycles. The van der Waals surface area contributed by atoms with Gasteiger partial charge in [-0.25, -0.2) is 0 Å². The van der Waals surface area contributed by atoms with Crippen LogP contribution in [0.25, 0.3) is 0 Å². The molecule has 104 valence electrons. The van der Waals surface area contributed by atoms with Crippen LogP contribution in [0.1, 0.15) is 11.1 Å². The van der Waals surface area contributed by atoms with Gasteiger partial charge in [0.05, 0.1) is 13.3 Å². The lowest BCUT2D eigenvalue weighted by atomic mass is 10.1. The van der Waals surface area contributed by atoms with Crippen LogP contribution in [0.5, 0.6) is 11.5 Å². The van der Waals surface area contributed by atoms with E-state index in [1.54, 1.807) is 25.5 Å². The van der Waals surface area contributed by atoms with Crippen LogP contribution in [0.15, 0.2) is 47.6 Å². The Hall–Kier alpha value is -2.20. The third-order valence-electron chi connectivity index (χ3n) is 2.74. The number of halogens is 1. The van der Waals surface area contributed by atoms with Crippen LogP contribution in [0, 0.1) is 0 Å². The number of hydrogen-bond donors (Lipinski definition) is 1. The molecule has 0 unspecified atom stereocenters. The molecular weight excluding hydrogens is 276 g/mol. The number of methoxy groups -OCH3 is 1. The van der Waals surface area contributed by atoms with Crippen molar-refractivity contribution in [2.75, 3.05) is 7.11 Å². The van der Waals surface area contributed by atoms with E-state index in [0.717, 1.165) is 22.6 Å². The number of nitrogens with zero attached hydrogens (tertiary/aromatic N) is 1. The summed E-state index contributed by atoms with van der Waals surface area (Å²) in [5.74, 6) is 6.66. The number of hydrazone groups is 1. The summed E-state index contributed by atoms with van der Waals surface area (Å²) >= 11 is 5.83. The fourth-order valence-corrected chi connectivity index (χ4v) is 1.90. The van der Waals surface area contributed by atoms with E-state index in [4.69, 9.17) is 26.9 Å². The summed E-state index contributed by atoms with van der Waals surface area (Å²) in [7, 11) is 1.62. The highest BCUT2D eigenvalue weighted by Crippen LogP contribution is 2.22. The van der Waals surface area contributed by atoms with E-state index < -0.39 is 0 Å². The quantitative estimate of drug-likeness (QED) is 0.522. The number of nitrogens with two attached hydrogens (primary N) is 1. The van der Waals surface area contributed by atoms with Gasteiger partial charge in [-0.3, -0.25) is 0 Å². The van der Waals surface area contributed by atoms with Crippen LogP contribution < -0.4 is 15.3 Å². The van der Waals surface area contributed by atoms with E-state index in [1.165, 1.54) is 0 Å². The lowest BCUT2D eigenvalue weighted by molar-refractivity contribution is 0.296. The van der Waals surface area contributed by atoms with Crippen molar-refractivity contribution < 1.29 is 9.47 Å². The molecule has 2 aromatic rings. The minimum atomic E-state index is 0.386. The van der Waals surface area contributed by atoms with Gasteiger partial charge >= 0.3 is 0 Å². The molecule has 2 rings (SSSR count). The first-order chi connectivity index (χ1) is 9.72. The molecule has 0 atom stereocenters. The zero-order chi connectivity index (χ0) is 14.4. The first-order valence-corrected chi connectivity index (χ1v) is 6.39. The van der Waals surface area contributed by atoms with Gasteiger partial charge in [0.15, 0.2) is 0 Å². The van der Waals surface area contributed by atoms with Gasteiger partial charge in [-0.15, -0.1) is 0 Å². The van der Waals surface area contributed by atoms with E-state index >= 15 is 0 Å². The Balaban J connectivity index is 2.14. The largest absolute Gasteiger partial charge is 0.496 e. The van der Waals surface area contributed by atoms with E-state index in [-0.39, 0.29) is 0 Å². The van der Waals surface area contributed by atoms with Crippen LogP contribution in [0.2, 0.25) is 5.02 Å². The average Bonchev–Trinajstić information content (AvgIpc) is 2.47. The van der Waals surface area contributed by atoms with Gasteiger partial charge in [-0.05, 0) is 48.0 Å². The van der Waals surface area contributed by atoms with Crippen LogP contribution in [-0.4, -0.2) is 13.3 Å². The van der Waals surface area contributed by atoms with Crippen molar-refractivity contribution >= 4 is 17.8 Å². The molecular formula is C15H15ClN2O2. The highest BCUT2D eigenvalue weighted by Gasteiger charge is 2.05. The fourth-order valence-electron chi connectivity index (χ4n) is 1.77. The van der Waals surface area contributed by atoms with E-state index in [9.17, 15) is 0 Å². The molecule has 0 saturated heterocycles. The Bertz CT molecular complexity index is 597. The maximum Gasteiger partial charge on any atom is 0.125 e. The molecule has 0 heterocycles. The fraction of sp³-hybridized carbons (Fsp3) is 0.133. The van der Waals surface area contributed by atoms with Gasteiger partial charge in [0.25, 0.3) is 0 Å². The minimum Gasteiger partial charge on any atom is -0.496 e. The van der Waals surface area contributed by atoms with E-state index in [1.807, 2.05) is 30.3 Å². The molecule has 0 amide bonds. The van der Waals surface area contributed by atoms with Crippen LogP contribution in [0.3, 0.4) is 0 Å². The Kier molecular flexibility index (Phi) is 4.85. The van der Waals surface area contributed by atoms with Crippen molar-refractivity contribution in [3.8, 4) is 11.5 Å². The molecule has 0 radical (unpaired) electrons. The molecule has 0 aliphatic heterocycles. The van der Waals surface area contributed by atoms with Gasteiger partial charge in [-0.2, -0.15) is 5.10 Å². The van der Waals surface area contributed by atoms with Gasteiger partial charge in [0.2, 0.25) is 0 Å². The van der Waals surface area contributed by atoms with Crippen molar-refractivity contribution in [1.29, 1.82) is 0 Å². The van der Waals surface area contributed by atoms with E-state index in [2.05, 4.69) is 5.10 Å². The smallest absolute Gasteiger partial charge is 0.125 e. The Morgan fingerprint density at radius 2 is 1.95 bits per heavy atom. The second kappa shape index (κ2) is 6.82. The zero-order valence-corrected chi connectivity index (χ0v) is 11.8. The SMILES string of the molecule is COc1ccc(C=NN)cc1COc1ccc(Cl)cc1. The van der Waals surface area contributed by atoms with Crippen LogP contribution in [0.4, 0.5) is 0 Å². The summed E-state index contributed by atoms with van der Waals surface area (Å²) in [6.07, 6.45) is 1.57. The first kappa shape index (κ1) is 14.2. The zero-order valence-electron chi connectivity index (χ0n) is 11.0. The number of hydrogen-bond acceptors (Lipinski definition) is 4. The van der Waals surface area contributed by atoms with Crippen LogP contribution >= 0.6 is 11.6 Å². The molecule has 5 heteroatoms. The Morgan fingerprint density at radius 3 is 2.60 bits per heavy atom. The molecule has 0 aliphatic carbocycles. The first-order valence-electron chi connectivity index (χ1n) is 6.01. The second-order valence-corrected chi connectivity index (χ2v) is 4.53. The summed E-state index contributed by atoms with van der Waals surface area (Å²) in [6.45, 7) is 0.386.